The zero-order chi connectivity index (χ0) is 20.5. The Kier molecular flexibility index (Phi) is 5.22. The Labute approximate surface area is 178 Å². The van der Waals surface area contributed by atoms with Crippen LogP contribution < -0.4 is 5.32 Å². The lowest BCUT2D eigenvalue weighted by atomic mass is 10.2. The topological polar surface area (TPSA) is 59.8 Å². The quantitative estimate of drug-likeness (QED) is 0.450. The number of rotatable bonds is 4. The van der Waals surface area contributed by atoms with Gasteiger partial charge in [0.25, 0.3) is 5.91 Å². The average molecular weight is 423 g/mol. The van der Waals surface area contributed by atoms with Crippen LogP contribution in [0.15, 0.2) is 54.6 Å². The minimum absolute atomic E-state index is 0.188. The number of benzene rings is 2. The van der Waals surface area contributed by atoms with Gasteiger partial charge in [-0.1, -0.05) is 41.9 Å². The Morgan fingerprint density at radius 1 is 1.03 bits per heavy atom. The van der Waals surface area contributed by atoms with Crippen LogP contribution in [0, 0.1) is 20.8 Å². The SMILES string of the molecule is Cc1nc(-c2cccc(Cl)c2)sc1C(=O)Nc1c(C)nn(-c2ccccc2)c1C. The van der Waals surface area contributed by atoms with Crippen LogP contribution in [0.4, 0.5) is 5.69 Å². The average Bonchev–Trinajstić information content (AvgIpc) is 3.23. The van der Waals surface area contributed by atoms with Crippen molar-refractivity contribution in [3.05, 3.63) is 81.6 Å². The number of carbonyl (C=O) groups is 1. The van der Waals surface area contributed by atoms with E-state index >= 15 is 0 Å². The van der Waals surface area contributed by atoms with Crippen molar-refractivity contribution in [2.45, 2.75) is 20.8 Å². The third kappa shape index (κ3) is 3.81. The normalized spacial score (nSPS) is 10.9. The van der Waals surface area contributed by atoms with Gasteiger partial charge in [0, 0.05) is 10.6 Å². The van der Waals surface area contributed by atoms with E-state index in [9.17, 15) is 4.79 Å². The number of carbonyl (C=O) groups excluding carboxylic acids is 1. The van der Waals surface area contributed by atoms with Gasteiger partial charge in [0.05, 0.1) is 28.5 Å². The van der Waals surface area contributed by atoms with E-state index in [1.807, 2.05) is 80.1 Å². The molecule has 0 aliphatic heterocycles. The van der Waals surface area contributed by atoms with Crippen molar-refractivity contribution in [3.8, 4) is 16.3 Å². The maximum absolute atomic E-state index is 13.0. The lowest BCUT2D eigenvalue weighted by Crippen LogP contribution is -2.13. The first-order valence-corrected chi connectivity index (χ1v) is 10.3. The highest BCUT2D eigenvalue weighted by Gasteiger charge is 2.20. The van der Waals surface area contributed by atoms with Gasteiger partial charge in [0.15, 0.2) is 0 Å². The first-order valence-electron chi connectivity index (χ1n) is 9.10. The molecule has 2 heterocycles. The van der Waals surface area contributed by atoms with Gasteiger partial charge in [-0.05, 0) is 45.0 Å². The second-order valence-electron chi connectivity index (χ2n) is 6.69. The smallest absolute Gasteiger partial charge is 0.267 e. The number of aromatic nitrogens is 3. The summed E-state index contributed by atoms with van der Waals surface area (Å²) < 4.78 is 1.84. The molecule has 2 aromatic heterocycles. The fourth-order valence-electron chi connectivity index (χ4n) is 3.17. The first kappa shape index (κ1) is 19.4. The largest absolute Gasteiger partial charge is 0.318 e. The van der Waals surface area contributed by atoms with Gasteiger partial charge in [-0.3, -0.25) is 4.79 Å². The van der Waals surface area contributed by atoms with E-state index in [1.54, 1.807) is 0 Å². The molecule has 1 amide bonds. The number of para-hydroxylation sites is 1. The molecule has 7 heteroatoms. The molecule has 0 saturated carbocycles. The van der Waals surface area contributed by atoms with E-state index in [2.05, 4.69) is 15.4 Å². The second kappa shape index (κ2) is 7.81. The fraction of sp³-hybridized carbons (Fsp3) is 0.136. The van der Waals surface area contributed by atoms with Crippen LogP contribution in [0.5, 0.6) is 0 Å². The molecule has 0 saturated heterocycles. The Morgan fingerprint density at radius 3 is 2.52 bits per heavy atom. The highest BCUT2D eigenvalue weighted by Crippen LogP contribution is 2.31. The molecular formula is C22H19ClN4OS. The molecule has 2 aromatic carbocycles. The van der Waals surface area contributed by atoms with Gasteiger partial charge in [0.1, 0.15) is 9.88 Å². The number of nitrogens with zero attached hydrogens (tertiary/aromatic N) is 3. The second-order valence-corrected chi connectivity index (χ2v) is 8.13. The van der Waals surface area contributed by atoms with Gasteiger partial charge in [0.2, 0.25) is 0 Å². The van der Waals surface area contributed by atoms with E-state index < -0.39 is 0 Å². The number of anilines is 1. The van der Waals surface area contributed by atoms with Crippen molar-refractivity contribution in [1.82, 2.24) is 14.8 Å². The summed E-state index contributed by atoms with van der Waals surface area (Å²) in [4.78, 5) is 18.1. The molecular weight excluding hydrogens is 404 g/mol. The maximum Gasteiger partial charge on any atom is 0.267 e. The van der Waals surface area contributed by atoms with Crippen molar-refractivity contribution in [3.63, 3.8) is 0 Å². The summed E-state index contributed by atoms with van der Waals surface area (Å²) >= 11 is 7.44. The predicted octanol–water partition coefficient (Wildman–Crippen LogP) is 5.83. The van der Waals surface area contributed by atoms with Gasteiger partial charge < -0.3 is 5.32 Å². The number of amides is 1. The van der Waals surface area contributed by atoms with E-state index in [1.165, 1.54) is 11.3 Å². The summed E-state index contributed by atoms with van der Waals surface area (Å²) in [6, 6.07) is 17.3. The number of aryl methyl sites for hydroxylation is 2. The van der Waals surface area contributed by atoms with Gasteiger partial charge in [-0.25, -0.2) is 9.67 Å². The molecule has 4 aromatic rings. The molecule has 146 valence electrons. The Balaban J connectivity index is 1.63. The number of hydrogen-bond donors (Lipinski definition) is 1. The lowest BCUT2D eigenvalue weighted by molar-refractivity contribution is 0.102. The number of nitrogens with one attached hydrogen (secondary N) is 1. The van der Waals surface area contributed by atoms with Crippen LogP contribution in [-0.4, -0.2) is 20.7 Å². The van der Waals surface area contributed by atoms with Crippen molar-refractivity contribution in [2.24, 2.45) is 0 Å². The van der Waals surface area contributed by atoms with E-state index in [4.69, 9.17) is 11.6 Å². The molecule has 0 radical (unpaired) electrons. The van der Waals surface area contributed by atoms with Crippen molar-refractivity contribution < 1.29 is 4.79 Å². The third-order valence-electron chi connectivity index (χ3n) is 4.60. The van der Waals surface area contributed by atoms with Crippen LogP contribution in [0.2, 0.25) is 5.02 Å². The molecule has 0 unspecified atom stereocenters. The van der Waals surface area contributed by atoms with Crippen molar-refractivity contribution >= 4 is 34.5 Å². The molecule has 4 rings (SSSR count). The van der Waals surface area contributed by atoms with Crippen LogP contribution >= 0.6 is 22.9 Å². The zero-order valence-electron chi connectivity index (χ0n) is 16.2. The predicted molar refractivity (Wildman–Crippen MR) is 118 cm³/mol. The molecule has 5 nitrogen and oxygen atoms in total. The highest BCUT2D eigenvalue weighted by molar-refractivity contribution is 7.17. The van der Waals surface area contributed by atoms with Crippen LogP contribution in [0.25, 0.3) is 16.3 Å². The zero-order valence-corrected chi connectivity index (χ0v) is 17.8. The van der Waals surface area contributed by atoms with Crippen molar-refractivity contribution in [2.75, 3.05) is 5.32 Å². The molecule has 0 atom stereocenters. The van der Waals surface area contributed by atoms with Gasteiger partial charge in [-0.15, -0.1) is 11.3 Å². The Morgan fingerprint density at radius 2 is 1.79 bits per heavy atom. The summed E-state index contributed by atoms with van der Waals surface area (Å²) in [5, 5.41) is 9.02. The monoisotopic (exact) mass is 422 g/mol. The van der Waals surface area contributed by atoms with E-state index in [-0.39, 0.29) is 5.91 Å². The number of halogens is 1. The Bertz CT molecular complexity index is 1200. The molecule has 0 fully saturated rings. The van der Waals surface area contributed by atoms with E-state index in [0.29, 0.717) is 15.6 Å². The molecule has 0 aliphatic carbocycles. The summed E-state index contributed by atoms with van der Waals surface area (Å²) in [6.45, 7) is 5.67. The van der Waals surface area contributed by atoms with Crippen LogP contribution in [-0.2, 0) is 0 Å². The maximum atomic E-state index is 13.0. The summed E-state index contributed by atoms with van der Waals surface area (Å²) in [5.41, 5.74) is 4.89. The minimum atomic E-state index is -0.188. The Hall–Kier alpha value is -2.96. The van der Waals surface area contributed by atoms with Crippen molar-refractivity contribution in [1.29, 1.82) is 0 Å². The molecule has 0 spiro atoms. The molecule has 29 heavy (non-hydrogen) atoms. The standard InChI is InChI=1S/C22H19ClN4OS/c1-13-19(15(3)27(26-13)18-10-5-4-6-11-18)25-21(28)20-14(2)24-22(29-20)16-8-7-9-17(23)12-16/h4-12H,1-3H3,(H,25,28). The highest BCUT2D eigenvalue weighted by atomic mass is 35.5. The summed E-state index contributed by atoms with van der Waals surface area (Å²) in [7, 11) is 0. The minimum Gasteiger partial charge on any atom is -0.318 e. The first-order chi connectivity index (χ1) is 13.9. The van der Waals surface area contributed by atoms with Gasteiger partial charge in [-0.2, -0.15) is 5.10 Å². The summed E-state index contributed by atoms with van der Waals surface area (Å²) in [5.74, 6) is -0.188. The third-order valence-corrected chi connectivity index (χ3v) is 6.05. The van der Waals surface area contributed by atoms with Crippen LogP contribution in [0.3, 0.4) is 0 Å². The van der Waals surface area contributed by atoms with E-state index in [0.717, 1.165) is 33.3 Å². The fourth-order valence-corrected chi connectivity index (χ4v) is 4.31. The summed E-state index contributed by atoms with van der Waals surface area (Å²) in [6.07, 6.45) is 0. The lowest BCUT2D eigenvalue weighted by Gasteiger charge is -2.06. The number of hydrogen-bond acceptors (Lipinski definition) is 4. The van der Waals surface area contributed by atoms with Gasteiger partial charge >= 0.3 is 0 Å². The molecule has 0 bridgehead atoms. The number of thiazole rings is 1. The molecule has 0 aliphatic rings. The molecule has 1 N–H and O–H groups in total. The van der Waals surface area contributed by atoms with Crippen LogP contribution in [0.1, 0.15) is 26.8 Å².